The van der Waals surface area contributed by atoms with E-state index >= 15 is 0 Å². The molecule has 1 heterocycles. The van der Waals surface area contributed by atoms with Gasteiger partial charge in [-0.25, -0.2) is 0 Å². The molecule has 3 heteroatoms. The van der Waals surface area contributed by atoms with Crippen molar-refractivity contribution in [3.8, 4) is 0 Å². The minimum absolute atomic E-state index is 0.130. The summed E-state index contributed by atoms with van der Waals surface area (Å²) in [5, 5.41) is 3.09. The molecule has 16 heavy (non-hydrogen) atoms. The van der Waals surface area contributed by atoms with Gasteiger partial charge in [0.05, 0.1) is 0 Å². The molecule has 1 saturated heterocycles. The smallest absolute Gasteiger partial charge is 0.226 e. The second kappa shape index (κ2) is 5.17. The van der Waals surface area contributed by atoms with E-state index in [4.69, 9.17) is 0 Å². The van der Waals surface area contributed by atoms with Gasteiger partial charge < -0.3 is 10.2 Å². The fourth-order valence-corrected chi connectivity index (χ4v) is 3.29. The molecule has 1 aliphatic heterocycles. The Labute approximate surface area is 98.6 Å². The SMILES string of the molecule is CNCC(C)C(=O)N1CC2CCCCC2C1. The highest BCUT2D eigenvalue weighted by Gasteiger charge is 2.37. The van der Waals surface area contributed by atoms with Gasteiger partial charge in [0.2, 0.25) is 5.91 Å². The molecule has 3 unspecified atom stereocenters. The van der Waals surface area contributed by atoms with Crippen LogP contribution in [0.3, 0.4) is 0 Å². The summed E-state index contributed by atoms with van der Waals surface area (Å²) in [6.45, 7) is 4.88. The van der Waals surface area contributed by atoms with Gasteiger partial charge in [-0.05, 0) is 31.7 Å². The summed E-state index contributed by atoms with van der Waals surface area (Å²) >= 11 is 0. The lowest BCUT2D eigenvalue weighted by Crippen LogP contribution is -2.37. The van der Waals surface area contributed by atoms with Crippen molar-refractivity contribution < 1.29 is 4.79 Å². The third-order valence-corrected chi connectivity index (χ3v) is 4.22. The van der Waals surface area contributed by atoms with Crippen LogP contribution in [0.1, 0.15) is 32.6 Å². The standard InChI is InChI=1S/C13H24N2O/c1-10(7-14-2)13(16)15-8-11-5-3-4-6-12(11)9-15/h10-12,14H,3-9H2,1-2H3. The highest BCUT2D eigenvalue weighted by atomic mass is 16.2. The molecule has 0 radical (unpaired) electrons. The van der Waals surface area contributed by atoms with Gasteiger partial charge in [-0.2, -0.15) is 0 Å². The molecule has 0 spiro atoms. The second-order valence-electron chi connectivity index (χ2n) is 5.51. The van der Waals surface area contributed by atoms with Crippen molar-refractivity contribution in [2.45, 2.75) is 32.6 Å². The first-order valence-electron chi connectivity index (χ1n) is 6.65. The maximum atomic E-state index is 12.2. The van der Waals surface area contributed by atoms with E-state index in [1.54, 1.807) is 0 Å². The number of likely N-dealkylation sites (tertiary alicyclic amines) is 1. The summed E-state index contributed by atoms with van der Waals surface area (Å²) in [5.74, 6) is 2.09. The van der Waals surface area contributed by atoms with Crippen LogP contribution in [0.2, 0.25) is 0 Å². The molecule has 2 aliphatic rings. The summed E-state index contributed by atoms with van der Waals surface area (Å²) in [5.41, 5.74) is 0. The van der Waals surface area contributed by atoms with Gasteiger partial charge in [0.25, 0.3) is 0 Å². The number of hydrogen-bond acceptors (Lipinski definition) is 2. The van der Waals surface area contributed by atoms with E-state index < -0.39 is 0 Å². The van der Waals surface area contributed by atoms with E-state index in [9.17, 15) is 4.79 Å². The maximum absolute atomic E-state index is 12.2. The Kier molecular flexibility index (Phi) is 3.85. The number of hydrogen-bond donors (Lipinski definition) is 1. The van der Waals surface area contributed by atoms with Gasteiger partial charge in [-0.15, -0.1) is 0 Å². The highest BCUT2D eigenvalue weighted by molar-refractivity contribution is 5.79. The van der Waals surface area contributed by atoms with Gasteiger partial charge >= 0.3 is 0 Å². The van der Waals surface area contributed by atoms with Crippen LogP contribution in [-0.2, 0) is 4.79 Å². The van der Waals surface area contributed by atoms with E-state index in [-0.39, 0.29) is 5.92 Å². The van der Waals surface area contributed by atoms with E-state index in [1.165, 1.54) is 25.7 Å². The number of carbonyl (C=O) groups excluding carboxylic acids is 1. The largest absolute Gasteiger partial charge is 0.342 e. The molecule has 0 aromatic heterocycles. The minimum Gasteiger partial charge on any atom is -0.342 e. The molecule has 0 aromatic carbocycles. The maximum Gasteiger partial charge on any atom is 0.226 e. The van der Waals surface area contributed by atoms with Crippen molar-refractivity contribution in [3.63, 3.8) is 0 Å². The summed E-state index contributed by atoms with van der Waals surface area (Å²) < 4.78 is 0. The predicted molar refractivity (Wildman–Crippen MR) is 65.1 cm³/mol. The Bertz CT molecular complexity index is 240. The first-order valence-corrected chi connectivity index (χ1v) is 6.65. The van der Waals surface area contributed by atoms with Crippen LogP contribution >= 0.6 is 0 Å². The highest BCUT2D eigenvalue weighted by Crippen LogP contribution is 2.36. The zero-order chi connectivity index (χ0) is 11.5. The van der Waals surface area contributed by atoms with Crippen molar-refractivity contribution in [2.24, 2.45) is 17.8 Å². The molecule has 3 nitrogen and oxygen atoms in total. The van der Waals surface area contributed by atoms with Crippen LogP contribution in [-0.4, -0.2) is 37.5 Å². The zero-order valence-corrected chi connectivity index (χ0v) is 10.5. The lowest BCUT2D eigenvalue weighted by atomic mass is 9.82. The number of amides is 1. The molecule has 1 N–H and O–H groups in total. The first kappa shape index (κ1) is 11.9. The van der Waals surface area contributed by atoms with Gasteiger partial charge in [-0.1, -0.05) is 19.8 Å². The summed E-state index contributed by atoms with van der Waals surface area (Å²) in [4.78, 5) is 14.3. The average Bonchev–Trinajstić information content (AvgIpc) is 2.71. The molecular formula is C13H24N2O. The summed E-state index contributed by atoms with van der Waals surface area (Å²) in [7, 11) is 1.91. The number of nitrogens with zero attached hydrogens (tertiary/aromatic N) is 1. The minimum atomic E-state index is 0.130. The molecule has 1 amide bonds. The molecule has 0 bridgehead atoms. The molecule has 3 atom stereocenters. The monoisotopic (exact) mass is 224 g/mol. The molecule has 1 saturated carbocycles. The fourth-order valence-electron chi connectivity index (χ4n) is 3.29. The van der Waals surface area contributed by atoms with Crippen LogP contribution in [0.5, 0.6) is 0 Å². The molecular weight excluding hydrogens is 200 g/mol. The predicted octanol–water partition coefficient (Wildman–Crippen LogP) is 1.49. The quantitative estimate of drug-likeness (QED) is 0.788. The van der Waals surface area contributed by atoms with Crippen LogP contribution in [0, 0.1) is 17.8 Å². The lowest BCUT2D eigenvalue weighted by molar-refractivity contribution is -0.134. The Morgan fingerprint density at radius 3 is 2.38 bits per heavy atom. The molecule has 2 fully saturated rings. The summed E-state index contributed by atoms with van der Waals surface area (Å²) in [6.07, 6.45) is 5.42. The Morgan fingerprint density at radius 2 is 1.88 bits per heavy atom. The number of rotatable bonds is 3. The van der Waals surface area contributed by atoms with Crippen molar-refractivity contribution in [1.29, 1.82) is 0 Å². The van der Waals surface area contributed by atoms with E-state index in [2.05, 4.69) is 10.2 Å². The Hall–Kier alpha value is -0.570. The van der Waals surface area contributed by atoms with Crippen molar-refractivity contribution in [2.75, 3.05) is 26.7 Å². The van der Waals surface area contributed by atoms with Crippen molar-refractivity contribution >= 4 is 5.91 Å². The first-order chi connectivity index (χ1) is 7.72. The molecule has 2 rings (SSSR count). The Balaban J connectivity index is 1.89. The molecule has 1 aliphatic carbocycles. The topological polar surface area (TPSA) is 32.3 Å². The van der Waals surface area contributed by atoms with Crippen LogP contribution in [0.4, 0.5) is 0 Å². The molecule has 0 aromatic rings. The number of nitrogens with one attached hydrogen (secondary N) is 1. The number of carbonyl (C=O) groups is 1. The van der Waals surface area contributed by atoms with E-state index in [0.717, 1.165) is 31.5 Å². The summed E-state index contributed by atoms with van der Waals surface area (Å²) in [6, 6.07) is 0. The van der Waals surface area contributed by atoms with Crippen molar-refractivity contribution in [1.82, 2.24) is 10.2 Å². The Morgan fingerprint density at radius 1 is 1.31 bits per heavy atom. The third kappa shape index (κ3) is 2.40. The van der Waals surface area contributed by atoms with Gasteiger partial charge in [-0.3, -0.25) is 4.79 Å². The third-order valence-electron chi connectivity index (χ3n) is 4.22. The number of fused-ring (bicyclic) bond motifs is 1. The van der Waals surface area contributed by atoms with E-state index in [0.29, 0.717) is 5.91 Å². The van der Waals surface area contributed by atoms with E-state index in [1.807, 2.05) is 14.0 Å². The average molecular weight is 224 g/mol. The fraction of sp³-hybridized carbons (Fsp3) is 0.923. The second-order valence-corrected chi connectivity index (χ2v) is 5.51. The van der Waals surface area contributed by atoms with Crippen LogP contribution in [0.15, 0.2) is 0 Å². The molecule has 92 valence electrons. The van der Waals surface area contributed by atoms with Gasteiger partial charge in [0.15, 0.2) is 0 Å². The lowest BCUT2D eigenvalue weighted by Gasteiger charge is -2.22. The van der Waals surface area contributed by atoms with Gasteiger partial charge in [0, 0.05) is 25.6 Å². The van der Waals surface area contributed by atoms with Gasteiger partial charge in [0.1, 0.15) is 0 Å². The zero-order valence-electron chi connectivity index (χ0n) is 10.5. The van der Waals surface area contributed by atoms with Crippen LogP contribution in [0.25, 0.3) is 0 Å². The van der Waals surface area contributed by atoms with Crippen molar-refractivity contribution in [3.05, 3.63) is 0 Å². The van der Waals surface area contributed by atoms with Crippen LogP contribution < -0.4 is 5.32 Å². The normalized spacial score (nSPS) is 31.2.